The maximum atomic E-state index is 13.1. The molecule has 4 rings (SSSR count). The average molecular weight is 423 g/mol. The predicted molar refractivity (Wildman–Crippen MR) is 119 cm³/mol. The number of carbonyl (C=O) groups excluding carboxylic acids is 2. The number of ether oxygens (including phenoxy) is 2. The minimum atomic E-state index is 0.0240. The van der Waals surface area contributed by atoms with Crippen LogP contribution >= 0.6 is 0 Å². The van der Waals surface area contributed by atoms with Crippen molar-refractivity contribution in [2.45, 2.75) is 32.7 Å². The fourth-order valence-electron chi connectivity index (χ4n) is 4.23. The summed E-state index contributed by atoms with van der Waals surface area (Å²) in [5.41, 5.74) is 3.52. The van der Waals surface area contributed by atoms with Gasteiger partial charge in [-0.1, -0.05) is 17.7 Å². The van der Waals surface area contributed by atoms with E-state index in [0.29, 0.717) is 44.2 Å². The van der Waals surface area contributed by atoms with E-state index in [9.17, 15) is 9.59 Å². The summed E-state index contributed by atoms with van der Waals surface area (Å²) in [6.45, 7) is 7.63. The van der Waals surface area contributed by atoms with Gasteiger partial charge in [-0.25, -0.2) is 0 Å². The SMILES string of the molecule is Cc1ccc(C)c(C(=O)N2CCC[C@H]2COc2ccc(C(=O)N3CCOCC3)cc2)c1. The second-order valence-electron chi connectivity index (χ2n) is 8.35. The average Bonchev–Trinajstić information content (AvgIpc) is 3.28. The van der Waals surface area contributed by atoms with Crippen LogP contribution in [0.1, 0.15) is 44.7 Å². The highest BCUT2D eigenvalue weighted by molar-refractivity contribution is 5.96. The number of carbonyl (C=O) groups is 2. The molecule has 0 radical (unpaired) electrons. The van der Waals surface area contributed by atoms with Gasteiger partial charge in [0.25, 0.3) is 11.8 Å². The first-order valence-corrected chi connectivity index (χ1v) is 11.0. The van der Waals surface area contributed by atoms with Crippen molar-refractivity contribution in [3.05, 3.63) is 64.7 Å². The molecule has 2 aromatic carbocycles. The monoisotopic (exact) mass is 422 g/mol. The zero-order valence-corrected chi connectivity index (χ0v) is 18.3. The quantitative estimate of drug-likeness (QED) is 0.741. The zero-order chi connectivity index (χ0) is 21.8. The Kier molecular flexibility index (Phi) is 6.56. The lowest BCUT2D eigenvalue weighted by Gasteiger charge is -2.27. The molecule has 6 heteroatoms. The number of hydrogen-bond acceptors (Lipinski definition) is 4. The molecule has 0 saturated carbocycles. The summed E-state index contributed by atoms with van der Waals surface area (Å²) in [5.74, 6) is 0.819. The Morgan fingerprint density at radius 3 is 2.48 bits per heavy atom. The number of benzene rings is 2. The topological polar surface area (TPSA) is 59.1 Å². The number of morpholine rings is 1. The van der Waals surface area contributed by atoms with E-state index in [1.54, 1.807) is 12.1 Å². The van der Waals surface area contributed by atoms with Crippen molar-refractivity contribution in [2.24, 2.45) is 0 Å². The van der Waals surface area contributed by atoms with Gasteiger partial charge in [0.1, 0.15) is 12.4 Å². The molecule has 0 spiro atoms. The molecular weight excluding hydrogens is 392 g/mol. The summed E-state index contributed by atoms with van der Waals surface area (Å²) in [5, 5.41) is 0. The van der Waals surface area contributed by atoms with Crippen LogP contribution < -0.4 is 4.74 Å². The molecule has 2 aliphatic heterocycles. The van der Waals surface area contributed by atoms with E-state index in [4.69, 9.17) is 9.47 Å². The summed E-state index contributed by atoms with van der Waals surface area (Å²) >= 11 is 0. The highest BCUT2D eigenvalue weighted by Crippen LogP contribution is 2.24. The third-order valence-corrected chi connectivity index (χ3v) is 6.10. The van der Waals surface area contributed by atoms with E-state index < -0.39 is 0 Å². The van der Waals surface area contributed by atoms with E-state index in [1.807, 2.05) is 54.0 Å². The summed E-state index contributed by atoms with van der Waals surface area (Å²) in [6.07, 6.45) is 1.92. The summed E-state index contributed by atoms with van der Waals surface area (Å²) in [7, 11) is 0. The minimum Gasteiger partial charge on any atom is -0.491 e. The van der Waals surface area contributed by atoms with Gasteiger partial charge < -0.3 is 19.3 Å². The molecule has 2 aliphatic rings. The Labute approximate surface area is 183 Å². The second-order valence-corrected chi connectivity index (χ2v) is 8.35. The van der Waals surface area contributed by atoms with Crippen LogP contribution in [-0.4, -0.2) is 67.1 Å². The standard InChI is InChI=1S/C25H30N2O4/c1-18-5-6-19(2)23(16-18)25(29)27-11-3-4-21(27)17-31-22-9-7-20(8-10-22)24(28)26-12-14-30-15-13-26/h5-10,16,21H,3-4,11-15,17H2,1-2H3/t21-/m0/s1. The van der Waals surface area contributed by atoms with Gasteiger partial charge in [0.2, 0.25) is 0 Å². The molecule has 0 aromatic heterocycles. The van der Waals surface area contributed by atoms with Crippen molar-refractivity contribution in [1.29, 1.82) is 0 Å². The summed E-state index contributed by atoms with van der Waals surface area (Å²) < 4.78 is 11.3. The number of aryl methyl sites for hydroxylation is 2. The number of hydrogen-bond donors (Lipinski definition) is 0. The summed E-state index contributed by atoms with van der Waals surface area (Å²) in [4.78, 5) is 29.5. The van der Waals surface area contributed by atoms with Gasteiger partial charge in [-0.05, 0) is 62.6 Å². The highest BCUT2D eigenvalue weighted by Gasteiger charge is 2.30. The molecule has 1 atom stereocenters. The molecule has 2 amide bonds. The molecule has 2 saturated heterocycles. The predicted octanol–water partition coefficient (Wildman–Crippen LogP) is 3.46. The van der Waals surface area contributed by atoms with Gasteiger partial charge in [-0.3, -0.25) is 9.59 Å². The largest absolute Gasteiger partial charge is 0.491 e. The Bertz CT molecular complexity index is 935. The van der Waals surface area contributed by atoms with Crippen LogP contribution in [0.2, 0.25) is 0 Å². The van der Waals surface area contributed by atoms with Crippen LogP contribution in [0.5, 0.6) is 5.75 Å². The van der Waals surface area contributed by atoms with Crippen molar-refractivity contribution in [3.8, 4) is 5.75 Å². The molecular formula is C25H30N2O4. The molecule has 0 N–H and O–H groups in total. The van der Waals surface area contributed by atoms with Gasteiger partial charge in [0.05, 0.1) is 19.3 Å². The Morgan fingerprint density at radius 2 is 1.74 bits per heavy atom. The van der Waals surface area contributed by atoms with E-state index in [-0.39, 0.29) is 17.9 Å². The van der Waals surface area contributed by atoms with Crippen LogP contribution in [0.3, 0.4) is 0 Å². The zero-order valence-electron chi connectivity index (χ0n) is 18.3. The third-order valence-electron chi connectivity index (χ3n) is 6.10. The number of likely N-dealkylation sites (tertiary alicyclic amines) is 1. The molecule has 0 bridgehead atoms. The Hall–Kier alpha value is -2.86. The fourth-order valence-corrected chi connectivity index (χ4v) is 4.23. The van der Waals surface area contributed by atoms with Gasteiger partial charge in [-0.15, -0.1) is 0 Å². The van der Waals surface area contributed by atoms with E-state index in [2.05, 4.69) is 0 Å². The van der Waals surface area contributed by atoms with Crippen molar-refractivity contribution >= 4 is 11.8 Å². The van der Waals surface area contributed by atoms with E-state index >= 15 is 0 Å². The first kappa shape index (κ1) is 21.4. The third kappa shape index (κ3) is 4.90. The van der Waals surface area contributed by atoms with Gasteiger partial charge in [-0.2, -0.15) is 0 Å². The van der Waals surface area contributed by atoms with E-state index in [1.165, 1.54) is 0 Å². The molecule has 2 heterocycles. The first-order valence-electron chi connectivity index (χ1n) is 11.0. The second kappa shape index (κ2) is 9.52. The minimum absolute atomic E-state index is 0.0240. The normalized spacial score (nSPS) is 18.8. The fraction of sp³-hybridized carbons (Fsp3) is 0.440. The molecule has 2 fully saturated rings. The number of amides is 2. The number of nitrogens with zero attached hydrogens (tertiary/aromatic N) is 2. The first-order chi connectivity index (χ1) is 15.0. The Balaban J connectivity index is 1.36. The van der Waals surface area contributed by atoms with Crippen molar-refractivity contribution in [3.63, 3.8) is 0 Å². The molecule has 31 heavy (non-hydrogen) atoms. The van der Waals surface area contributed by atoms with Gasteiger partial charge in [0.15, 0.2) is 0 Å². The van der Waals surface area contributed by atoms with Gasteiger partial charge >= 0.3 is 0 Å². The van der Waals surface area contributed by atoms with Crippen molar-refractivity contribution in [2.75, 3.05) is 39.5 Å². The molecule has 164 valence electrons. The number of rotatable bonds is 5. The van der Waals surface area contributed by atoms with E-state index in [0.717, 1.165) is 36.1 Å². The lowest BCUT2D eigenvalue weighted by atomic mass is 10.0. The molecule has 0 aliphatic carbocycles. The lowest BCUT2D eigenvalue weighted by molar-refractivity contribution is 0.0303. The van der Waals surface area contributed by atoms with Crippen LogP contribution in [0.25, 0.3) is 0 Å². The summed E-state index contributed by atoms with van der Waals surface area (Å²) in [6, 6.07) is 13.3. The van der Waals surface area contributed by atoms with Crippen molar-refractivity contribution in [1.82, 2.24) is 9.80 Å². The Morgan fingerprint density at radius 1 is 1.00 bits per heavy atom. The lowest BCUT2D eigenvalue weighted by Crippen LogP contribution is -2.40. The van der Waals surface area contributed by atoms with Crippen LogP contribution in [0, 0.1) is 13.8 Å². The van der Waals surface area contributed by atoms with Crippen LogP contribution in [-0.2, 0) is 4.74 Å². The maximum absolute atomic E-state index is 13.1. The van der Waals surface area contributed by atoms with Crippen molar-refractivity contribution < 1.29 is 19.1 Å². The van der Waals surface area contributed by atoms with Crippen LogP contribution in [0.4, 0.5) is 0 Å². The molecule has 0 unspecified atom stereocenters. The van der Waals surface area contributed by atoms with Crippen LogP contribution in [0.15, 0.2) is 42.5 Å². The molecule has 2 aromatic rings. The highest BCUT2D eigenvalue weighted by atomic mass is 16.5. The maximum Gasteiger partial charge on any atom is 0.254 e. The van der Waals surface area contributed by atoms with Gasteiger partial charge in [0, 0.05) is 30.8 Å². The smallest absolute Gasteiger partial charge is 0.254 e. The molecule has 6 nitrogen and oxygen atoms in total.